The average Bonchev–Trinajstić information content (AvgIpc) is 3.33. The van der Waals surface area contributed by atoms with E-state index in [1.54, 1.807) is 12.1 Å². The molecule has 1 heterocycles. The summed E-state index contributed by atoms with van der Waals surface area (Å²) >= 11 is 0. The van der Waals surface area contributed by atoms with Crippen molar-refractivity contribution in [3.05, 3.63) is 83.9 Å². The Balaban J connectivity index is 1.19. The molecule has 6 nitrogen and oxygen atoms in total. The SMILES string of the molecule is N#Cc1ccc(-c2ccc(OCCCN3CC[C@@H](NS(=O)(=O)c4ccc(C(F)(F)F)cc4)C3)cc2)cc1. The average molecular weight is 530 g/mol. The van der Waals surface area contributed by atoms with Gasteiger partial charge in [0.05, 0.1) is 28.7 Å². The van der Waals surface area contributed by atoms with Gasteiger partial charge < -0.3 is 9.64 Å². The number of nitriles is 1. The van der Waals surface area contributed by atoms with Gasteiger partial charge in [-0.15, -0.1) is 0 Å². The highest BCUT2D eigenvalue weighted by Crippen LogP contribution is 2.30. The number of sulfonamides is 1. The van der Waals surface area contributed by atoms with E-state index in [9.17, 15) is 21.6 Å². The molecule has 0 unspecified atom stereocenters. The van der Waals surface area contributed by atoms with Crippen LogP contribution in [0.1, 0.15) is 24.0 Å². The van der Waals surface area contributed by atoms with Gasteiger partial charge in [0.2, 0.25) is 10.0 Å². The molecule has 0 bridgehead atoms. The Morgan fingerprint density at radius 2 is 1.59 bits per heavy atom. The third-order valence-electron chi connectivity index (χ3n) is 6.18. The number of benzene rings is 3. The third kappa shape index (κ3) is 7.10. The number of nitrogens with one attached hydrogen (secondary N) is 1. The fourth-order valence-corrected chi connectivity index (χ4v) is 5.46. The molecular formula is C27H26F3N3O3S. The molecule has 1 fully saturated rings. The standard InChI is InChI=1S/C27H26F3N3O3S/c28-27(29,30)23-8-12-26(13-9-23)37(34,35)32-24-14-16-33(19-24)15-1-17-36-25-10-6-22(7-11-25)21-4-2-20(18-31)3-5-21/h2-13,24,32H,1,14-17,19H2/t24-/m1/s1. The molecule has 3 aromatic rings. The summed E-state index contributed by atoms with van der Waals surface area (Å²) < 4.78 is 71.8. The van der Waals surface area contributed by atoms with Crippen molar-refractivity contribution in [1.82, 2.24) is 9.62 Å². The van der Waals surface area contributed by atoms with Crippen molar-refractivity contribution in [2.24, 2.45) is 0 Å². The van der Waals surface area contributed by atoms with Gasteiger partial charge in [-0.1, -0.05) is 24.3 Å². The van der Waals surface area contributed by atoms with E-state index < -0.39 is 21.8 Å². The van der Waals surface area contributed by atoms with Gasteiger partial charge in [0.15, 0.2) is 0 Å². The van der Waals surface area contributed by atoms with Crippen LogP contribution < -0.4 is 9.46 Å². The number of ether oxygens (including phenoxy) is 1. The van der Waals surface area contributed by atoms with Gasteiger partial charge in [0.25, 0.3) is 0 Å². The van der Waals surface area contributed by atoms with Crippen molar-refractivity contribution in [1.29, 1.82) is 5.26 Å². The Morgan fingerprint density at radius 1 is 0.973 bits per heavy atom. The molecule has 194 valence electrons. The lowest BCUT2D eigenvalue weighted by Gasteiger charge is -2.17. The highest BCUT2D eigenvalue weighted by Gasteiger charge is 2.31. The minimum absolute atomic E-state index is 0.183. The van der Waals surface area contributed by atoms with E-state index >= 15 is 0 Å². The van der Waals surface area contributed by atoms with E-state index in [1.807, 2.05) is 36.4 Å². The molecule has 1 saturated heterocycles. The minimum Gasteiger partial charge on any atom is -0.494 e. The van der Waals surface area contributed by atoms with Crippen LogP contribution in [-0.4, -0.2) is 45.6 Å². The fourth-order valence-electron chi connectivity index (χ4n) is 4.20. The van der Waals surface area contributed by atoms with Crippen molar-refractivity contribution >= 4 is 10.0 Å². The number of hydrogen-bond acceptors (Lipinski definition) is 5. The first kappa shape index (κ1) is 26.7. The summed E-state index contributed by atoms with van der Waals surface area (Å²) in [4.78, 5) is 1.95. The third-order valence-corrected chi connectivity index (χ3v) is 7.71. The number of rotatable bonds is 9. The number of alkyl halides is 3. The summed E-state index contributed by atoms with van der Waals surface area (Å²) in [5.74, 6) is 0.751. The van der Waals surface area contributed by atoms with E-state index in [-0.39, 0.29) is 10.9 Å². The second kappa shape index (κ2) is 11.3. The van der Waals surface area contributed by atoms with E-state index in [4.69, 9.17) is 10.00 Å². The van der Waals surface area contributed by atoms with Crippen LogP contribution in [0.3, 0.4) is 0 Å². The Hall–Kier alpha value is -3.39. The number of nitrogens with zero attached hydrogens (tertiary/aromatic N) is 2. The number of hydrogen-bond donors (Lipinski definition) is 1. The van der Waals surface area contributed by atoms with Gasteiger partial charge in [-0.05, 0) is 79.0 Å². The Kier molecular flexibility index (Phi) is 8.17. The molecule has 0 saturated carbocycles. The first-order valence-corrected chi connectivity index (χ1v) is 13.3. The van der Waals surface area contributed by atoms with Gasteiger partial charge in [0.1, 0.15) is 5.75 Å². The van der Waals surface area contributed by atoms with E-state index in [0.29, 0.717) is 25.1 Å². The summed E-state index contributed by atoms with van der Waals surface area (Å²) in [6.45, 7) is 2.50. The Morgan fingerprint density at radius 3 is 2.19 bits per heavy atom. The predicted octanol–water partition coefficient (Wildman–Crippen LogP) is 5.07. The van der Waals surface area contributed by atoms with Crippen LogP contribution in [0.2, 0.25) is 0 Å². The van der Waals surface area contributed by atoms with Crippen molar-refractivity contribution in [3.63, 3.8) is 0 Å². The van der Waals surface area contributed by atoms with Crippen molar-refractivity contribution in [3.8, 4) is 22.9 Å². The summed E-state index contributed by atoms with van der Waals surface area (Å²) in [6, 6.07) is 20.4. The zero-order valence-electron chi connectivity index (χ0n) is 19.9. The van der Waals surface area contributed by atoms with Gasteiger partial charge in [-0.25, -0.2) is 13.1 Å². The molecule has 0 aliphatic carbocycles. The first-order chi connectivity index (χ1) is 17.6. The smallest absolute Gasteiger partial charge is 0.416 e. The topological polar surface area (TPSA) is 82.4 Å². The van der Waals surface area contributed by atoms with Crippen molar-refractivity contribution < 1.29 is 26.3 Å². The monoisotopic (exact) mass is 529 g/mol. The van der Waals surface area contributed by atoms with Crippen LogP contribution in [-0.2, 0) is 16.2 Å². The van der Waals surface area contributed by atoms with Crippen molar-refractivity contribution in [2.45, 2.75) is 30.0 Å². The van der Waals surface area contributed by atoms with Crippen LogP contribution in [0, 0.1) is 11.3 Å². The molecule has 1 aliphatic heterocycles. The summed E-state index contributed by atoms with van der Waals surface area (Å²) in [7, 11) is -3.90. The molecule has 37 heavy (non-hydrogen) atoms. The molecular weight excluding hydrogens is 503 g/mol. The summed E-state index contributed by atoms with van der Waals surface area (Å²) in [6.07, 6.45) is -3.13. The largest absolute Gasteiger partial charge is 0.494 e. The summed E-state index contributed by atoms with van der Waals surface area (Å²) in [5.41, 5.74) is 1.77. The second-order valence-electron chi connectivity index (χ2n) is 8.85. The molecule has 0 spiro atoms. The molecule has 0 amide bonds. The maximum absolute atomic E-state index is 12.7. The summed E-state index contributed by atoms with van der Waals surface area (Å²) in [5, 5.41) is 8.91. The van der Waals surface area contributed by atoms with Gasteiger partial charge in [-0.3, -0.25) is 0 Å². The maximum atomic E-state index is 12.7. The highest BCUT2D eigenvalue weighted by atomic mass is 32.2. The van der Waals surface area contributed by atoms with Gasteiger partial charge in [0, 0.05) is 19.1 Å². The second-order valence-corrected chi connectivity index (χ2v) is 10.6. The molecule has 4 rings (SSSR count). The maximum Gasteiger partial charge on any atom is 0.416 e. The number of halogens is 3. The molecule has 10 heteroatoms. The lowest BCUT2D eigenvalue weighted by atomic mass is 10.0. The Labute approximate surface area is 214 Å². The molecule has 1 aliphatic rings. The van der Waals surface area contributed by atoms with Crippen molar-refractivity contribution in [2.75, 3.05) is 26.2 Å². The van der Waals surface area contributed by atoms with Gasteiger partial charge >= 0.3 is 6.18 Å². The van der Waals surface area contributed by atoms with Crippen LogP contribution in [0.4, 0.5) is 13.2 Å². The normalized spacial score (nSPS) is 16.4. The Bertz CT molecular complexity index is 1340. The molecule has 1 N–H and O–H groups in total. The van der Waals surface area contributed by atoms with E-state index in [0.717, 1.165) is 60.7 Å². The minimum atomic E-state index is -4.51. The zero-order valence-corrected chi connectivity index (χ0v) is 20.7. The molecule has 0 radical (unpaired) electrons. The lowest BCUT2D eigenvalue weighted by Crippen LogP contribution is -2.37. The highest BCUT2D eigenvalue weighted by molar-refractivity contribution is 7.89. The zero-order chi connectivity index (χ0) is 26.5. The molecule has 1 atom stereocenters. The van der Waals surface area contributed by atoms with Crippen LogP contribution in [0.25, 0.3) is 11.1 Å². The van der Waals surface area contributed by atoms with E-state index in [1.165, 1.54) is 0 Å². The lowest BCUT2D eigenvalue weighted by molar-refractivity contribution is -0.137. The van der Waals surface area contributed by atoms with Crippen LogP contribution in [0.15, 0.2) is 77.7 Å². The van der Waals surface area contributed by atoms with Crippen LogP contribution in [0.5, 0.6) is 5.75 Å². The quantitative estimate of drug-likeness (QED) is 0.392. The molecule has 3 aromatic carbocycles. The van der Waals surface area contributed by atoms with Gasteiger partial charge in [-0.2, -0.15) is 18.4 Å². The first-order valence-electron chi connectivity index (χ1n) is 11.8. The van der Waals surface area contributed by atoms with Crippen LogP contribution >= 0.6 is 0 Å². The fraction of sp³-hybridized carbons (Fsp3) is 0.296. The number of likely N-dealkylation sites (tertiary alicyclic amines) is 1. The molecule has 0 aromatic heterocycles. The van der Waals surface area contributed by atoms with E-state index in [2.05, 4.69) is 15.7 Å². The predicted molar refractivity (Wildman–Crippen MR) is 133 cm³/mol.